The highest BCUT2D eigenvalue weighted by Crippen LogP contribution is 2.37. The maximum absolute atomic E-state index is 14.8. The molecule has 2 aliphatic rings. The predicted molar refractivity (Wildman–Crippen MR) is 112 cm³/mol. The Hall–Kier alpha value is -2.76. The standard InChI is InChI=1S/C20H21FN2O.C3H7NO/c1-12-3-5-15-14(7-12)10-22-11-17(15)16-8-13-4-6-20(24)23(2)19(13)9-18(16)21;1-2-3(4)5/h8-12H,3-7H2,1-2H3;2H2,1H3,(H2,4,5)/t12-;/m1./s1. The summed E-state index contributed by atoms with van der Waals surface area (Å²) in [5.74, 6) is 0.180. The molecular weight excluding hydrogens is 369 g/mol. The third-order valence-corrected chi connectivity index (χ3v) is 5.75. The van der Waals surface area contributed by atoms with Crippen molar-refractivity contribution in [3.63, 3.8) is 0 Å². The first kappa shape index (κ1) is 21.0. The van der Waals surface area contributed by atoms with Crippen LogP contribution in [-0.4, -0.2) is 23.8 Å². The Morgan fingerprint density at radius 2 is 1.93 bits per heavy atom. The van der Waals surface area contributed by atoms with Crippen LogP contribution in [0.15, 0.2) is 24.5 Å². The number of nitrogens with two attached hydrogens (primary N) is 1. The summed E-state index contributed by atoms with van der Waals surface area (Å²) in [5, 5.41) is 0. The third-order valence-electron chi connectivity index (χ3n) is 5.75. The van der Waals surface area contributed by atoms with Gasteiger partial charge in [0.2, 0.25) is 11.8 Å². The first-order chi connectivity index (χ1) is 13.8. The minimum Gasteiger partial charge on any atom is -0.370 e. The molecule has 0 unspecified atom stereocenters. The van der Waals surface area contributed by atoms with E-state index in [0.29, 0.717) is 36.4 Å². The molecule has 4 rings (SSSR count). The van der Waals surface area contributed by atoms with E-state index >= 15 is 0 Å². The molecule has 1 aromatic carbocycles. The zero-order chi connectivity index (χ0) is 21.1. The van der Waals surface area contributed by atoms with Crippen molar-refractivity contribution in [1.82, 2.24) is 4.98 Å². The second kappa shape index (κ2) is 8.72. The fourth-order valence-corrected chi connectivity index (χ4v) is 3.97. The Morgan fingerprint density at radius 1 is 1.21 bits per heavy atom. The molecule has 2 N–H and O–H groups in total. The van der Waals surface area contributed by atoms with Gasteiger partial charge in [0.25, 0.3) is 0 Å². The SMILES string of the molecule is CCC(N)=O.C[C@@H]1CCc2c(cncc2-c2cc3c(cc2F)N(C)C(=O)CC3)C1. The number of primary amides is 1. The van der Waals surface area contributed by atoms with E-state index in [0.717, 1.165) is 30.4 Å². The Bertz CT molecular complexity index is 942. The zero-order valence-corrected chi connectivity index (χ0v) is 17.3. The number of aryl methyl sites for hydroxylation is 1. The third kappa shape index (κ3) is 4.47. The van der Waals surface area contributed by atoms with Crippen molar-refractivity contribution >= 4 is 17.5 Å². The maximum atomic E-state index is 14.8. The highest BCUT2D eigenvalue weighted by Gasteiger charge is 2.25. The van der Waals surface area contributed by atoms with Gasteiger partial charge in [-0.2, -0.15) is 0 Å². The predicted octanol–water partition coefficient (Wildman–Crippen LogP) is 3.80. The Morgan fingerprint density at radius 3 is 2.62 bits per heavy atom. The van der Waals surface area contributed by atoms with Crippen LogP contribution < -0.4 is 10.6 Å². The Kier molecular flexibility index (Phi) is 6.30. The van der Waals surface area contributed by atoms with Crippen molar-refractivity contribution in [2.24, 2.45) is 11.7 Å². The molecule has 6 heteroatoms. The number of hydrogen-bond acceptors (Lipinski definition) is 3. The van der Waals surface area contributed by atoms with Crippen molar-refractivity contribution in [2.75, 3.05) is 11.9 Å². The molecule has 5 nitrogen and oxygen atoms in total. The van der Waals surface area contributed by atoms with Gasteiger partial charge in [-0.3, -0.25) is 14.6 Å². The molecule has 2 aromatic rings. The van der Waals surface area contributed by atoms with Gasteiger partial charge in [-0.1, -0.05) is 13.8 Å². The lowest BCUT2D eigenvalue weighted by molar-refractivity contribution is -0.119. The molecule has 0 saturated carbocycles. The molecule has 1 aliphatic heterocycles. The van der Waals surface area contributed by atoms with Gasteiger partial charge < -0.3 is 10.6 Å². The van der Waals surface area contributed by atoms with E-state index in [-0.39, 0.29) is 17.6 Å². The molecule has 0 fully saturated rings. The second-order valence-electron chi connectivity index (χ2n) is 7.91. The van der Waals surface area contributed by atoms with Crippen LogP contribution in [0.4, 0.5) is 10.1 Å². The number of amides is 2. The van der Waals surface area contributed by atoms with Crippen LogP contribution in [0.3, 0.4) is 0 Å². The molecule has 0 spiro atoms. The van der Waals surface area contributed by atoms with Gasteiger partial charge in [0.15, 0.2) is 0 Å². The number of carbonyl (C=O) groups excluding carboxylic acids is 2. The zero-order valence-electron chi connectivity index (χ0n) is 17.3. The molecule has 1 atom stereocenters. The molecule has 0 saturated heterocycles. The average Bonchev–Trinajstić information content (AvgIpc) is 2.70. The van der Waals surface area contributed by atoms with Gasteiger partial charge >= 0.3 is 0 Å². The number of anilines is 1. The normalized spacial score (nSPS) is 17.7. The largest absolute Gasteiger partial charge is 0.370 e. The van der Waals surface area contributed by atoms with Gasteiger partial charge in [-0.05, 0) is 60.4 Å². The average molecular weight is 397 g/mol. The highest BCUT2D eigenvalue weighted by atomic mass is 19.1. The van der Waals surface area contributed by atoms with Crippen molar-refractivity contribution < 1.29 is 14.0 Å². The van der Waals surface area contributed by atoms with E-state index in [1.54, 1.807) is 25.1 Å². The number of benzene rings is 1. The summed E-state index contributed by atoms with van der Waals surface area (Å²) >= 11 is 0. The van der Waals surface area contributed by atoms with Crippen molar-refractivity contribution in [3.05, 3.63) is 47.0 Å². The summed E-state index contributed by atoms with van der Waals surface area (Å²) in [6.45, 7) is 3.98. The summed E-state index contributed by atoms with van der Waals surface area (Å²) in [4.78, 5) is 27.3. The summed E-state index contributed by atoms with van der Waals surface area (Å²) in [6.07, 6.45) is 8.44. The number of aromatic nitrogens is 1. The van der Waals surface area contributed by atoms with E-state index in [1.165, 1.54) is 17.2 Å². The number of pyridine rings is 1. The number of hydrogen-bond donors (Lipinski definition) is 1. The molecular formula is C23H28FN3O2. The van der Waals surface area contributed by atoms with E-state index in [2.05, 4.69) is 17.6 Å². The number of nitrogens with zero attached hydrogens (tertiary/aromatic N) is 2. The van der Waals surface area contributed by atoms with Crippen molar-refractivity contribution in [1.29, 1.82) is 0 Å². The molecule has 154 valence electrons. The van der Waals surface area contributed by atoms with Crippen molar-refractivity contribution in [3.8, 4) is 11.1 Å². The van der Waals surface area contributed by atoms with Gasteiger partial charge in [0, 0.05) is 49.1 Å². The van der Waals surface area contributed by atoms with Gasteiger partial charge in [0.05, 0.1) is 0 Å². The lowest BCUT2D eigenvalue weighted by Gasteiger charge is -2.27. The first-order valence-electron chi connectivity index (χ1n) is 10.1. The number of fused-ring (bicyclic) bond motifs is 2. The monoisotopic (exact) mass is 397 g/mol. The number of carbonyl (C=O) groups is 2. The van der Waals surface area contributed by atoms with E-state index < -0.39 is 0 Å². The molecule has 0 radical (unpaired) electrons. The van der Waals surface area contributed by atoms with Crippen LogP contribution in [0.5, 0.6) is 0 Å². The summed E-state index contributed by atoms with van der Waals surface area (Å²) < 4.78 is 14.8. The smallest absolute Gasteiger partial charge is 0.227 e. The molecule has 0 bridgehead atoms. The summed E-state index contributed by atoms with van der Waals surface area (Å²) in [5.41, 5.74) is 10.4. The summed E-state index contributed by atoms with van der Waals surface area (Å²) in [6, 6.07) is 3.43. The van der Waals surface area contributed by atoms with Crippen LogP contribution in [0, 0.1) is 11.7 Å². The Balaban J connectivity index is 0.000000431. The maximum Gasteiger partial charge on any atom is 0.227 e. The van der Waals surface area contributed by atoms with Crippen LogP contribution in [0.25, 0.3) is 11.1 Å². The van der Waals surface area contributed by atoms with Crippen LogP contribution in [0.2, 0.25) is 0 Å². The lowest BCUT2D eigenvalue weighted by Crippen LogP contribution is -2.31. The first-order valence-corrected chi connectivity index (χ1v) is 10.1. The van der Waals surface area contributed by atoms with E-state index in [1.807, 2.05) is 12.3 Å². The van der Waals surface area contributed by atoms with E-state index in [4.69, 9.17) is 0 Å². The molecule has 2 heterocycles. The van der Waals surface area contributed by atoms with Crippen LogP contribution in [-0.2, 0) is 28.9 Å². The van der Waals surface area contributed by atoms with Crippen LogP contribution >= 0.6 is 0 Å². The van der Waals surface area contributed by atoms with Crippen molar-refractivity contribution in [2.45, 2.75) is 52.4 Å². The fourth-order valence-electron chi connectivity index (χ4n) is 3.97. The van der Waals surface area contributed by atoms with Crippen LogP contribution in [0.1, 0.15) is 49.8 Å². The molecule has 1 aliphatic carbocycles. The quantitative estimate of drug-likeness (QED) is 0.837. The van der Waals surface area contributed by atoms with Gasteiger partial charge in [-0.15, -0.1) is 0 Å². The fraction of sp³-hybridized carbons (Fsp3) is 0.435. The number of rotatable bonds is 2. The molecule has 29 heavy (non-hydrogen) atoms. The number of halogens is 1. The minimum absolute atomic E-state index is 0.0439. The van der Waals surface area contributed by atoms with Gasteiger partial charge in [-0.25, -0.2) is 4.39 Å². The highest BCUT2D eigenvalue weighted by molar-refractivity contribution is 5.96. The lowest BCUT2D eigenvalue weighted by atomic mass is 9.82. The molecule has 1 aromatic heterocycles. The molecule has 2 amide bonds. The van der Waals surface area contributed by atoms with E-state index in [9.17, 15) is 14.0 Å². The minimum atomic E-state index is -0.274. The topological polar surface area (TPSA) is 76.3 Å². The summed E-state index contributed by atoms with van der Waals surface area (Å²) in [7, 11) is 1.72. The Labute approximate surface area is 171 Å². The second-order valence-corrected chi connectivity index (χ2v) is 7.91. The van der Waals surface area contributed by atoms with Gasteiger partial charge in [0.1, 0.15) is 5.82 Å².